The van der Waals surface area contributed by atoms with Crippen LogP contribution in [0.4, 0.5) is 10.5 Å². The predicted octanol–water partition coefficient (Wildman–Crippen LogP) is 6.35. The largest absolute Gasteiger partial charge is 0.492 e. The molecule has 1 aliphatic carbocycles. The van der Waals surface area contributed by atoms with Crippen LogP contribution in [0.5, 0.6) is 11.5 Å². The number of piperidine rings is 1. The number of likely N-dealkylation sites (tertiary alicyclic amines) is 1. The minimum atomic E-state index is -0.140. The molecule has 1 saturated heterocycles. The summed E-state index contributed by atoms with van der Waals surface area (Å²) in [6.45, 7) is 4.57. The zero-order valence-corrected chi connectivity index (χ0v) is 21.0. The van der Waals surface area contributed by atoms with E-state index in [1.165, 1.54) is 45.2 Å². The number of carbonyl (C=O) groups is 1. The lowest BCUT2D eigenvalue weighted by atomic mass is 10.1. The average molecular weight is 488 g/mol. The van der Waals surface area contributed by atoms with Crippen LogP contribution in [0.15, 0.2) is 60.7 Å². The minimum absolute atomic E-state index is 0.140. The molecule has 0 unspecified atom stereocenters. The Hall–Kier alpha value is -3.25. The Kier molecular flexibility index (Phi) is 8.24. The third-order valence-electron chi connectivity index (χ3n) is 7.27. The van der Waals surface area contributed by atoms with Crippen molar-refractivity contribution in [2.24, 2.45) is 0 Å². The Morgan fingerprint density at radius 1 is 0.833 bits per heavy atom. The summed E-state index contributed by atoms with van der Waals surface area (Å²) >= 11 is 0. The van der Waals surface area contributed by atoms with Crippen LogP contribution in [0.1, 0.15) is 50.5 Å². The Labute approximate surface area is 214 Å². The van der Waals surface area contributed by atoms with E-state index in [0.29, 0.717) is 6.61 Å². The lowest BCUT2D eigenvalue weighted by Gasteiger charge is -2.26. The van der Waals surface area contributed by atoms with Crippen molar-refractivity contribution in [3.05, 3.63) is 66.2 Å². The molecule has 36 heavy (non-hydrogen) atoms. The molecule has 5 rings (SSSR count). The molecule has 3 aromatic carbocycles. The summed E-state index contributed by atoms with van der Waals surface area (Å²) in [4.78, 5) is 15.0. The normalized spacial score (nSPS) is 16.7. The highest BCUT2D eigenvalue weighted by Crippen LogP contribution is 2.32. The van der Waals surface area contributed by atoms with Gasteiger partial charge < -0.3 is 20.1 Å². The van der Waals surface area contributed by atoms with Crippen molar-refractivity contribution in [1.82, 2.24) is 10.2 Å². The smallest absolute Gasteiger partial charge is 0.319 e. The first-order valence-corrected chi connectivity index (χ1v) is 13.4. The first kappa shape index (κ1) is 24.4. The van der Waals surface area contributed by atoms with Gasteiger partial charge in [-0.1, -0.05) is 55.7 Å². The topological polar surface area (TPSA) is 62.8 Å². The fourth-order valence-corrected chi connectivity index (χ4v) is 5.24. The first-order chi connectivity index (χ1) is 17.7. The van der Waals surface area contributed by atoms with Gasteiger partial charge in [-0.05, 0) is 68.6 Å². The van der Waals surface area contributed by atoms with Crippen molar-refractivity contribution in [3.63, 3.8) is 0 Å². The molecule has 6 nitrogen and oxygen atoms in total. The molecule has 0 aromatic heterocycles. The van der Waals surface area contributed by atoms with Gasteiger partial charge in [0.25, 0.3) is 0 Å². The molecule has 2 N–H and O–H groups in total. The summed E-state index contributed by atoms with van der Waals surface area (Å²) in [7, 11) is 0. The molecule has 2 amide bonds. The minimum Gasteiger partial charge on any atom is -0.492 e. The van der Waals surface area contributed by atoms with E-state index in [1.54, 1.807) is 0 Å². The molecule has 0 atom stereocenters. The number of rotatable bonds is 9. The summed E-state index contributed by atoms with van der Waals surface area (Å²) in [5.41, 5.74) is 1.88. The summed E-state index contributed by atoms with van der Waals surface area (Å²) in [5, 5.41) is 8.07. The molecule has 6 heteroatoms. The van der Waals surface area contributed by atoms with Gasteiger partial charge in [0.2, 0.25) is 0 Å². The lowest BCUT2D eigenvalue weighted by molar-refractivity contribution is 0.183. The highest BCUT2D eigenvalue weighted by molar-refractivity contribution is 6.03. The summed E-state index contributed by atoms with van der Waals surface area (Å²) in [6.07, 6.45) is 8.47. The number of anilines is 1. The van der Waals surface area contributed by atoms with E-state index in [1.807, 2.05) is 48.5 Å². The van der Waals surface area contributed by atoms with Crippen LogP contribution < -0.4 is 20.1 Å². The van der Waals surface area contributed by atoms with Gasteiger partial charge in [0.1, 0.15) is 24.7 Å². The molecular weight excluding hydrogens is 450 g/mol. The molecule has 2 fully saturated rings. The zero-order chi connectivity index (χ0) is 24.6. The number of amides is 2. The Bertz CT molecular complexity index is 1140. The number of nitrogens with one attached hydrogen (secondary N) is 2. The molecule has 0 spiro atoms. The third-order valence-corrected chi connectivity index (χ3v) is 7.27. The Balaban J connectivity index is 1.16. The van der Waals surface area contributed by atoms with Crippen molar-refractivity contribution in [2.75, 3.05) is 31.6 Å². The van der Waals surface area contributed by atoms with Gasteiger partial charge in [0, 0.05) is 23.4 Å². The van der Waals surface area contributed by atoms with Gasteiger partial charge in [-0.3, -0.25) is 4.90 Å². The van der Waals surface area contributed by atoms with Crippen LogP contribution in [-0.2, 0) is 6.61 Å². The quantitative estimate of drug-likeness (QED) is 0.369. The number of hydrogen-bond acceptors (Lipinski definition) is 4. The third kappa shape index (κ3) is 6.49. The van der Waals surface area contributed by atoms with Crippen molar-refractivity contribution < 1.29 is 14.3 Å². The fraction of sp³-hybridized carbons (Fsp3) is 0.433. The van der Waals surface area contributed by atoms with Crippen LogP contribution >= 0.6 is 0 Å². The highest BCUT2D eigenvalue weighted by Gasteiger charge is 2.18. The van der Waals surface area contributed by atoms with Crippen molar-refractivity contribution in [3.8, 4) is 11.5 Å². The van der Waals surface area contributed by atoms with Crippen LogP contribution in [0.25, 0.3) is 10.8 Å². The molecule has 3 aromatic rings. The van der Waals surface area contributed by atoms with E-state index < -0.39 is 0 Å². The van der Waals surface area contributed by atoms with E-state index in [0.717, 1.165) is 59.5 Å². The van der Waals surface area contributed by atoms with Gasteiger partial charge >= 0.3 is 6.03 Å². The molecule has 1 saturated carbocycles. The maximum Gasteiger partial charge on any atom is 0.319 e. The van der Waals surface area contributed by atoms with E-state index in [9.17, 15) is 4.79 Å². The van der Waals surface area contributed by atoms with Crippen molar-refractivity contribution in [1.29, 1.82) is 0 Å². The van der Waals surface area contributed by atoms with E-state index >= 15 is 0 Å². The fourth-order valence-electron chi connectivity index (χ4n) is 5.24. The zero-order valence-electron chi connectivity index (χ0n) is 21.0. The van der Waals surface area contributed by atoms with Gasteiger partial charge in [-0.25, -0.2) is 4.79 Å². The molecule has 0 bridgehead atoms. The van der Waals surface area contributed by atoms with Crippen LogP contribution in [0.2, 0.25) is 0 Å². The standard InChI is InChI=1S/C30H37N3O3/c34-30(31-24-8-2-3-9-24)32-28-16-17-29(27-11-5-4-10-26(27)28)36-22-23-12-14-25(15-13-23)35-21-20-33-18-6-1-7-19-33/h4-5,10-17,24H,1-3,6-9,18-22H2,(H2,31,32,34). The van der Waals surface area contributed by atoms with Gasteiger partial charge in [-0.2, -0.15) is 0 Å². The summed E-state index contributed by atoms with van der Waals surface area (Å²) < 4.78 is 12.1. The summed E-state index contributed by atoms with van der Waals surface area (Å²) in [5.74, 6) is 1.70. The Morgan fingerprint density at radius 2 is 1.58 bits per heavy atom. The predicted molar refractivity (Wildman–Crippen MR) is 145 cm³/mol. The SMILES string of the molecule is O=C(Nc1ccc(OCc2ccc(OCCN3CCCCC3)cc2)c2ccccc12)NC1CCCC1. The second kappa shape index (κ2) is 12.1. The van der Waals surface area contributed by atoms with Crippen molar-refractivity contribution >= 4 is 22.5 Å². The maximum absolute atomic E-state index is 12.5. The number of ether oxygens (including phenoxy) is 2. The number of benzene rings is 3. The number of urea groups is 1. The number of nitrogens with zero attached hydrogens (tertiary/aromatic N) is 1. The van der Waals surface area contributed by atoms with E-state index in [2.05, 4.69) is 27.7 Å². The number of carbonyl (C=O) groups excluding carboxylic acids is 1. The van der Waals surface area contributed by atoms with E-state index in [4.69, 9.17) is 9.47 Å². The monoisotopic (exact) mass is 487 g/mol. The van der Waals surface area contributed by atoms with Crippen molar-refractivity contribution in [2.45, 2.75) is 57.6 Å². The van der Waals surface area contributed by atoms with Crippen LogP contribution in [0, 0.1) is 0 Å². The second-order valence-electron chi connectivity index (χ2n) is 9.92. The number of hydrogen-bond donors (Lipinski definition) is 2. The molecular formula is C30H37N3O3. The average Bonchev–Trinajstić information content (AvgIpc) is 3.42. The maximum atomic E-state index is 12.5. The van der Waals surface area contributed by atoms with Crippen LogP contribution in [0.3, 0.4) is 0 Å². The van der Waals surface area contributed by atoms with E-state index in [-0.39, 0.29) is 12.1 Å². The number of fused-ring (bicyclic) bond motifs is 1. The molecule has 1 heterocycles. The van der Waals surface area contributed by atoms with Gasteiger partial charge in [0.15, 0.2) is 0 Å². The molecule has 0 radical (unpaired) electrons. The first-order valence-electron chi connectivity index (χ1n) is 13.4. The van der Waals surface area contributed by atoms with Gasteiger partial charge in [0.05, 0.1) is 5.69 Å². The second-order valence-corrected chi connectivity index (χ2v) is 9.92. The highest BCUT2D eigenvalue weighted by atomic mass is 16.5. The molecule has 190 valence electrons. The summed E-state index contributed by atoms with van der Waals surface area (Å²) in [6, 6.07) is 20.2. The van der Waals surface area contributed by atoms with Crippen LogP contribution in [-0.4, -0.2) is 43.2 Å². The van der Waals surface area contributed by atoms with Gasteiger partial charge in [-0.15, -0.1) is 0 Å². The molecule has 2 aliphatic rings. The molecule has 1 aliphatic heterocycles. The lowest BCUT2D eigenvalue weighted by Crippen LogP contribution is -2.36. The Morgan fingerprint density at radius 3 is 2.36 bits per heavy atom.